The summed E-state index contributed by atoms with van der Waals surface area (Å²) in [7, 11) is 0. The maximum Gasteiger partial charge on any atom is 0.155 e. The Bertz CT molecular complexity index is 728. The summed E-state index contributed by atoms with van der Waals surface area (Å²) in [5, 5.41) is 0. The molecule has 1 nitrogen and oxygen atoms in total. The normalized spacial score (nSPS) is 29.6. The zero-order valence-corrected chi connectivity index (χ0v) is 13.9. The van der Waals surface area contributed by atoms with Crippen LogP contribution in [0.3, 0.4) is 0 Å². The van der Waals surface area contributed by atoms with Gasteiger partial charge in [-0.15, -0.1) is 0 Å². The van der Waals surface area contributed by atoms with Crippen molar-refractivity contribution in [1.82, 2.24) is 0 Å². The van der Waals surface area contributed by atoms with Crippen LogP contribution in [0.25, 0.3) is 0 Å². The standard InChI is InChI=1S/C23H22O/c1-17-13-22(19-9-5-3-6-10-19)15-18(2)16-23(14-17,21(22)24)20-11-7-4-8-12-20/h3-12H,1-2,13-16H2. The first-order chi connectivity index (χ1) is 11.6. The van der Waals surface area contributed by atoms with Gasteiger partial charge in [-0.3, -0.25) is 4.79 Å². The van der Waals surface area contributed by atoms with E-state index in [1.165, 1.54) is 11.1 Å². The van der Waals surface area contributed by atoms with Crippen molar-refractivity contribution in [3.63, 3.8) is 0 Å². The molecule has 1 heteroatoms. The van der Waals surface area contributed by atoms with E-state index in [1.807, 2.05) is 36.4 Å². The van der Waals surface area contributed by atoms with Gasteiger partial charge in [-0.2, -0.15) is 0 Å². The molecule has 0 radical (unpaired) electrons. The van der Waals surface area contributed by atoms with Gasteiger partial charge in [0.25, 0.3) is 0 Å². The molecule has 0 amide bonds. The third kappa shape index (κ3) is 2.04. The van der Waals surface area contributed by atoms with Gasteiger partial charge in [-0.05, 0) is 36.8 Å². The van der Waals surface area contributed by atoms with Crippen molar-refractivity contribution in [2.24, 2.45) is 0 Å². The minimum atomic E-state index is -0.498. The lowest BCUT2D eigenvalue weighted by Gasteiger charge is -2.52. The highest BCUT2D eigenvalue weighted by Crippen LogP contribution is 2.57. The van der Waals surface area contributed by atoms with Gasteiger partial charge >= 0.3 is 0 Å². The molecule has 4 rings (SSSR count). The molecule has 2 bridgehead atoms. The molecule has 0 aromatic heterocycles. The van der Waals surface area contributed by atoms with Crippen LogP contribution in [0.2, 0.25) is 0 Å². The predicted molar refractivity (Wildman–Crippen MR) is 98.0 cm³/mol. The summed E-state index contributed by atoms with van der Waals surface area (Å²) in [6.45, 7) is 8.63. The molecule has 0 atom stereocenters. The number of Topliss-reactive ketones (excluding diaryl/α,β-unsaturated/α-hetero) is 1. The van der Waals surface area contributed by atoms with Crippen molar-refractivity contribution in [3.05, 3.63) is 96.1 Å². The van der Waals surface area contributed by atoms with Crippen LogP contribution in [0.4, 0.5) is 0 Å². The Labute approximate surface area is 143 Å². The maximum absolute atomic E-state index is 13.9. The molecule has 2 saturated carbocycles. The highest BCUT2D eigenvalue weighted by Gasteiger charge is 2.58. The Kier molecular flexibility index (Phi) is 3.35. The fourth-order valence-electron chi connectivity index (χ4n) is 4.92. The maximum atomic E-state index is 13.9. The molecule has 0 aliphatic heterocycles. The molecule has 0 saturated heterocycles. The molecule has 24 heavy (non-hydrogen) atoms. The van der Waals surface area contributed by atoms with E-state index in [2.05, 4.69) is 37.4 Å². The summed E-state index contributed by atoms with van der Waals surface area (Å²) in [6, 6.07) is 20.5. The minimum absolute atomic E-state index is 0.354. The summed E-state index contributed by atoms with van der Waals surface area (Å²) < 4.78 is 0. The first kappa shape index (κ1) is 15.1. The number of ketones is 1. The van der Waals surface area contributed by atoms with Crippen LogP contribution in [0.5, 0.6) is 0 Å². The van der Waals surface area contributed by atoms with Crippen molar-refractivity contribution in [3.8, 4) is 0 Å². The summed E-state index contributed by atoms with van der Waals surface area (Å²) in [6.07, 6.45) is 2.96. The number of carbonyl (C=O) groups excluding carboxylic acids is 1. The topological polar surface area (TPSA) is 17.1 Å². The molecular weight excluding hydrogens is 292 g/mol. The Morgan fingerprint density at radius 2 is 0.958 bits per heavy atom. The van der Waals surface area contributed by atoms with Gasteiger partial charge in [0.1, 0.15) is 0 Å². The van der Waals surface area contributed by atoms with Crippen LogP contribution in [-0.2, 0) is 15.6 Å². The van der Waals surface area contributed by atoms with Crippen molar-refractivity contribution < 1.29 is 4.79 Å². The fourth-order valence-corrected chi connectivity index (χ4v) is 4.92. The van der Waals surface area contributed by atoms with Crippen LogP contribution in [-0.4, -0.2) is 5.78 Å². The number of hydrogen-bond acceptors (Lipinski definition) is 1. The lowest BCUT2D eigenvalue weighted by Crippen LogP contribution is -2.56. The molecule has 0 heterocycles. The minimum Gasteiger partial charge on any atom is -0.298 e. The second-order valence-electron chi connectivity index (χ2n) is 7.43. The van der Waals surface area contributed by atoms with Gasteiger partial charge < -0.3 is 0 Å². The van der Waals surface area contributed by atoms with E-state index in [0.717, 1.165) is 36.8 Å². The van der Waals surface area contributed by atoms with Gasteiger partial charge in [-0.1, -0.05) is 85.0 Å². The van der Waals surface area contributed by atoms with Crippen molar-refractivity contribution in [2.75, 3.05) is 0 Å². The highest BCUT2D eigenvalue weighted by molar-refractivity contribution is 6.02. The summed E-state index contributed by atoms with van der Waals surface area (Å²) in [4.78, 5) is 13.9. The van der Waals surface area contributed by atoms with Crippen molar-refractivity contribution in [1.29, 1.82) is 0 Å². The quantitative estimate of drug-likeness (QED) is 0.702. The molecule has 2 fully saturated rings. The summed E-state index contributed by atoms with van der Waals surface area (Å²) in [5.74, 6) is 0.354. The van der Waals surface area contributed by atoms with E-state index in [-0.39, 0.29) is 0 Å². The molecule has 2 aromatic carbocycles. The SMILES string of the molecule is C=C1CC2(c3ccccc3)CC(=C)CC(c3ccccc3)(C1)C2=O. The molecule has 120 valence electrons. The number of benzene rings is 2. The second kappa shape index (κ2) is 5.31. The Hall–Kier alpha value is -2.41. The molecule has 0 unspecified atom stereocenters. The first-order valence-corrected chi connectivity index (χ1v) is 8.56. The van der Waals surface area contributed by atoms with Crippen LogP contribution >= 0.6 is 0 Å². The predicted octanol–water partition coefficient (Wildman–Crippen LogP) is 5.13. The van der Waals surface area contributed by atoms with E-state index in [9.17, 15) is 4.79 Å². The van der Waals surface area contributed by atoms with Gasteiger partial charge in [0, 0.05) is 0 Å². The summed E-state index contributed by atoms with van der Waals surface area (Å²) in [5.41, 5.74) is 3.57. The van der Waals surface area contributed by atoms with Crippen LogP contribution < -0.4 is 0 Å². The van der Waals surface area contributed by atoms with Crippen LogP contribution in [0.1, 0.15) is 36.8 Å². The summed E-state index contributed by atoms with van der Waals surface area (Å²) >= 11 is 0. The number of carbonyl (C=O) groups is 1. The van der Waals surface area contributed by atoms with E-state index < -0.39 is 10.8 Å². The van der Waals surface area contributed by atoms with Gasteiger partial charge in [0.05, 0.1) is 10.8 Å². The molecule has 0 N–H and O–H groups in total. The second-order valence-corrected chi connectivity index (χ2v) is 7.43. The number of allylic oxidation sites excluding steroid dienone is 2. The Morgan fingerprint density at radius 1 is 0.625 bits per heavy atom. The third-order valence-corrected chi connectivity index (χ3v) is 5.73. The first-order valence-electron chi connectivity index (χ1n) is 8.56. The van der Waals surface area contributed by atoms with Gasteiger partial charge in [-0.25, -0.2) is 0 Å². The van der Waals surface area contributed by atoms with Crippen molar-refractivity contribution >= 4 is 5.78 Å². The van der Waals surface area contributed by atoms with E-state index in [4.69, 9.17) is 0 Å². The molecule has 2 aliphatic rings. The average molecular weight is 314 g/mol. The zero-order chi connectivity index (χ0) is 16.8. The Morgan fingerprint density at radius 3 is 1.29 bits per heavy atom. The molecular formula is C23H22O. The lowest BCUT2D eigenvalue weighted by atomic mass is 9.48. The van der Waals surface area contributed by atoms with E-state index >= 15 is 0 Å². The van der Waals surface area contributed by atoms with Gasteiger partial charge in [0.2, 0.25) is 0 Å². The van der Waals surface area contributed by atoms with Crippen molar-refractivity contribution in [2.45, 2.75) is 36.5 Å². The zero-order valence-electron chi connectivity index (χ0n) is 13.9. The average Bonchev–Trinajstić information content (AvgIpc) is 2.59. The third-order valence-electron chi connectivity index (χ3n) is 5.73. The molecule has 2 aromatic rings. The van der Waals surface area contributed by atoms with Gasteiger partial charge in [0.15, 0.2) is 5.78 Å². The number of fused-ring (bicyclic) bond motifs is 2. The highest BCUT2D eigenvalue weighted by atomic mass is 16.1. The number of rotatable bonds is 2. The Balaban J connectivity index is 1.95. The largest absolute Gasteiger partial charge is 0.298 e. The molecule has 0 spiro atoms. The monoisotopic (exact) mass is 314 g/mol. The number of hydrogen-bond donors (Lipinski definition) is 0. The smallest absolute Gasteiger partial charge is 0.155 e. The fraction of sp³-hybridized carbons (Fsp3) is 0.261. The molecule has 2 aliphatic carbocycles. The van der Waals surface area contributed by atoms with Crippen LogP contribution in [0, 0.1) is 0 Å². The lowest BCUT2D eigenvalue weighted by molar-refractivity contribution is -0.133. The van der Waals surface area contributed by atoms with Crippen LogP contribution in [0.15, 0.2) is 85.0 Å². The van der Waals surface area contributed by atoms with E-state index in [0.29, 0.717) is 5.78 Å². The van der Waals surface area contributed by atoms with E-state index in [1.54, 1.807) is 0 Å².